The Morgan fingerprint density at radius 3 is 2.37 bits per heavy atom. The molecule has 0 N–H and O–H groups in total. The highest BCUT2D eigenvalue weighted by Crippen LogP contribution is 2.19. The van der Waals surface area contributed by atoms with Crippen molar-refractivity contribution in [3.05, 3.63) is 64.0 Å². The van der Waals surface area contributed by atoms with E-state index >= 15 is 0 Å². The van der Waals surface area contributed by atoms with E-state index < -0.39 is 17.4 Å². The molecule has 1 aromatic carbocycles. The number of carbonyl (C=O) groups excluding carboxylic acids is 1. The van der Waals surface area contributed by atoms with Gasteiger partial charge in [0.15, 0.2) is 11.6 Å². The summed E-state index contributed by atoms with van der Waals surface area (Å²) in [5, 5.41) is 0. The molecule has 19 heavy (non-hydrogen) atoms. The van der Waals surface area contributed by atoms with E-state index in [2.05, 4.69) is 4.98 Å². The van der Waals surface area contributed by atoms with Gasteiger partial charge in [-0.25, -0.2) is 8.78 Å². The third-order valence-corrected chi connectivity index (χ3v) is 2.95. The molecule has 0 aliphatic heterocycles. The first kappa shape index (κ1) is 13.3. The Kier molecular flexibility index (Phi) is 3.42. The zero-order chi connectivity index (χ0) is 14.2. The topological polar surface area (TPSA) is 30.0 Å². The van der Waals surface area contributed by atoms with E-state index in [0.717, 1.165) is 5.56 Å². The molecule has 0 saturated carbocycles. The van der Waals surface area contributed by atoms with Crippen LogP contribution in [0.4, 0.5) is 8.78 Å². The number of benzene rings is 1. The second-order valence-electron chi connectivity index (χ2n) is 4.57. The number of aryl methyl sites for hydroxylation is 3. The number of hydrogen-bond donors (Lipinski definition) is 0. The summed E-state index contributed by atoms with van der Waals surface area (Å²) in [7, 11) is 0. The van der Waals surface area contributed by atoms with E-state index in [1.165, 1.54) is 25.3 Å². The molecule has 0 fully saturated rings. The fraction of sp³-hybridized carbons (Fsp3) is 0.200. The van der Waals surface area contributed by atoms with Crippen LogP contribution in [0.1, 0.15) is 32.7 Å². The number of hydrogen-bond acceptors (Lipinski definition) is 2. The number of ketones is 1. The summed E-state index contributed by atoms with van der Waals surface area (Å²) in [4.78, 5) is 16.2. The smallest absolute Gasteiger partial charge is 0.214 e. The van der Waals surface area contributed by atoms with E-state index in [-0.39, 0.29) is 16.8 Å². The molecule has 0 unspecified atom stereocenters. The Balaban J connectivity index is 2.53. The summed E-state index contributed by atoms with van der Waals surface area (Å²) in [6.45, 7) is 5.01. The second-order valence-corrected chi connectivity index (χ2v) is 4.57. The van der Waals surface area contributed by atoms with Crippen molar-refractivity contribution in [1.82, 2.24) is 4.98 Å². The summed E-state index contributed by atoms with van der Waals surface area (Å²) in [5.74, 6) is -2.71. The highest BCUT2D eigenvalue weighted by Gasteiger charge is 2.20. The van der Waals surface area contributed by atoms with Crippen LogP contribution in [-0.2, 0) is 0 Å². The maximum absolute atomic E-state index is 13.8. The maximum Gasteiger partial charge on any atom is 0.214 e. The lowest BCUT2D eigenvalue weighted by Crippen LogP contribution is -2.10. The number of carbonyl (C=O) groups is 1. The Hall–Kier alpha value is -2.10. The van der Waals surface area contributed by atoms with Crippen molar-refractivity contribution < 1.29 is 13.6 Å². The quantitative estimate of drug-likeness (QED) is 0.774. The van der Waals surface area contributed by atoms with Crippen molar-refractivity contribution >= 4 is 5.78 Å². The zero-order valence-corrected chi connectivity index (χ0v) is 10.9. The minimum absolute atomic E-state index is 0.146. The van der Waals surface area contributed by atoms with E-state index in [1.54, 1.807) is 13.0 Å². The van der Waals surface area contributed by atoms with Crippen molar-refractivity contribution in [2.24, 2.45) is 0 Å². The van der Waals surface area contributed by atoms with Crippen molar-refractivity contribution in [3.8, 4) is 0 Å². The van der Waals surface area contributed by atoms with Crippen molar-refractivity contribution in [2.75, 3.05) is 0 Å². The first-order valence-corrected chi connectivity index (χ1v) is 5.84. The molecule has 0 aliphatic carbocycles. The lowest BCUT2D eigenvalue weighted by molar-refractivity contribution is 0.102. The van der Waals surface area contributed by atoms with E-state index in [9.17, 15) is 13.6 Å². The first-order valence-electron chi connectivity index (χ1n) is 5.84. The van der Waals surface area contributed by atoms with Gasteiger partial charge in [0.05, 0.1) is 5.56 Å². The highest BCUT2D eigenvalue weighted by molar-refractivity contribution is 6.08. The summed E-state index contributed by atoms with van der Waals surface area (Å²) < 4.78 is 27.3. The molecule has 0 saturated heterocycles. The number of rotatable bonds is 2. The average molecular weight is 261 g/mol. The maximum atomic E-state index is 13.8. The predicted octanol–water partition coefficient (Wildman–Crippen LogP) is 3.52. The van der Waals surface area contributed by atoms with Gasteiger partial charge in [-0.2, -0.15) is 0 Å². The molecule has 0 amide bonds. The minimum atomic E-state index is -1.12. The van der Waals surface area contributed by atoms with Crippen LogP contribution < -0.4 is 0 Å². The van der Waals surface area contributed by atoms with Gasteiger partial charge in [-0.05, 0) is 43.5 Å². The van der Waals surface area contributed by atoms with Crippen molar-refractivity contribution in [3.63, 3.8) is 0 Å². The van der Waals surface area contributed by atoms with Gasteiger partial charge in [-0.15, -0.1) is 0 Å². The van der Waals surface area contributed by atoms with E-state index in [4.69, 9.17) is 0 Å². The number of pyridine rings is 1. The van der Waals surface area contributed by atoms with Gasteiger partial charge < -0.3 is 0 Å². The largest absolute Gasteiger partial charge is 0.287 e. The molecule has 1 aromatic heterocycles. The molecule has 0 atom stereocenters. The van der Waals surface area contributed by atoms with Gasteiger partial charge in [-0.3, -0.25) is 9.78 Å². The van der Waals surface area contributed by atoms with Crippen LogP contribution in [-0.4, -0.2) is 10.8 Å². The fourth-order valence-electron chi connectivity index (χ4n) is 1.90. The second kappa shape index (κ2) is 4.88. The van der Waals surface area contributed by atoms with Crippen molar-refractivity contribution in [2.45, 2.75) is 20.8 Å². The van der Waals surface area contributed by atoms with Gasteiger partial charge in [0.25, 0.3) is 0 Å². The van der Waals surface area contributed by atoms with Gasteiger partial charge >= 0.3 is 0 Å². The standard InChI is InChI=1S/C15H13F2NO/c1-8-6-10(3)14(18-7-8)15(19)11-5-4-9(2)12(16)13(11)17/h4-7H,1-3H3. The van der Waals surface area contributed by atoms with Crippen LogP contribution >= 0.6 is 0 Å². The van der Waals surface area contributed by atoms with Crippen LogP contribution in [0.25, 0.3) is 0 Å². The van der Waals surface area contributed by atoms with Crippen LogP contribution in [0.2, 0.25) is 0 Å². The van der Waals surface area contributed by atoms with Gasteiger partial charge in [-0.1, -0.05) is 12.1 Å². The lowest BCUT2D eigenvalue weighted by Gasteiger charge is -2.07. The third-order valence-electron chi connectivity index (χ3n) is 2.95. The molecule has 0 spiro atoms. The molecule has 2 aromatic rings. The molecule has 0 bridgehead atoms. The molecule has 4 heteroatoms. The summed E-state index contributed by atoms with van der Waals surface area (Å²) >= 11 is 0. The van der Waals surface area contributed by atoms with Gasteiger partial charge in [0, 0.05) is 6.20 Å². The average Bonchev–Trinajstić information content (AvgIpc) is 2.35. The van der Waals surface area contributed by atoms with E-state index in [1.807, 2.05) is 6.92 Å². The lowest BCUT2D eigenvalue weighted by atomic mass is 10.0. The normalized spacial score (nSPS) is 10.6. The molecule has 0 aliphatic rings. The Morgan fingerprint density at radius 1 is 1.05 bits per heavy atom. The van der Waals surface area contributed by atoms with Crippen molar-refractivity contribution in [1.29, 1.82) is 0 Å². The molecule has 98 valence electrons. The summed E-state index contributed by atoms with van der Waals surface area (Å²) in [6.07, 6.45) is 1.53. The molecule has 2 nitrogen and oxygen atoms in total. The zero-order valence-electron chi connectivity index (χ0n) is 10.9. The third kappa shape index (κ3) is 2.38. The predicted molar refractivity (Wildman–Crippen MR) is 68.2 cm³/mol. The van der Waals surface area contributed by atoms with Gasteiger partial charge in [0.2, 0.25) is 5.78 Å². The molecule has 0 radical (unpaired) electrons. The van der Waals surface area contributed by atoms with Crippen LogP contribution in [0.5, 0.6) is 0 Å². The molecule has 1 heterocycles. The molecular weight excluding hydrogens is 248 g/mol. The summed E-state index contributed by atoms with van der Waals surface area (Å²) in [5.41, 5.74) is 1.58. The Morgan fingerprint density at radius 2 is 1.74 bits per heavy atom. The summed E-state index contributed by atoms with van der Waals surface area (Å²) in [6, 6.07) is 4.45. The number of aromatic nitrogens is 1. The monoisotopic (exact) mass is 261 g/mol. The van der Waals surface area contributed by atoms with E-state index in [0.29, 0.717) is 5.56 Å². The van der Waals surface area contributed by atoms with Crippen LogP contribution in [0.3, 0.4) is 0 Å². The molecular formula is C15H13F2NO. The highest BCUT2D eigenvalue weighted by atomic mass is 19.2. The SMILES string of the molecule is Cc1cnc(C(=O)c2ccc(C)c(F)c2F)c(C)c1. The Bertz CT molecular complexity index is 665. The number of halogens is 2. The van der Waals surface area contributed by atoms with Crippen LogP contribution in [0.15, 0.2) is 24.4 Å². The van der Waals surface area contributed by atoms with Gasteiger partial charge in [0.1, 0.15) is 5.69 Å². The van der Waals surface area contributed by atoms with Crippen LogP contribution in [0, 0.1) is 32.4 Å². The number of nitrogens with zero attached hydrogens (tertiary/aromatic N) is 1. The fourth-order valence-corrected chi connectivity index (χ4v) is 1.90. The first-order chi connectivity index (χ1) is 8.91. The Labute approximate surface area is 110 Å². The minimum Gasteiger partial charge on any atom is -0.287 e. The molecule has 2 rings (SSSR count).